The summed E-state index contributed by atoms with van der Waals surface area (Å²) in [6.45, 7) is 8.23. The summed E-state index contributed by atoms with van der Waals surface area (Å²) in [5.74, 6) is -1.23. The van der Waals surface area contributed by atoms with E-state index < -0.39 is 23.5 Å². The number of rotatable bonds is 4. The molecule has 2 aliphatic rings. The fourth-order valence-corrected chi connectivity index (χ4v) is 3.50. The Morgan fingerprint density at radius 2 is 2.03 bits per heavy atom. The van der Waals surface area contributed by atoms with Crippen molar-refractivity contribution in [3.8, 4) is 0 Å². The summed E-state index contributed by atoms with van der Waals surface area (Å²) in [6.07, 6.45) is 1.55. The number of fused-ring (bicyclic) bond motifs is 1. The molecule has 11 heteroatoms. The van der Waals surface area contributed by atoms with E-state index in [9.17, 15) is 19.2 Å². The molecule has 3 rings (SSSR count). The minimum atomic E-state index is -0.613. The van der Waals surface area contributed by atoms with Gasteiger partial charge in [0.2, 0.25) is 18.2 Å². The first-order valence-corrected chi connectivity index (χ1v) is 9.44. The molecule has 1 aromatic rings. The maximum atomic E-state index is 12.6. The minimum Gasteiger partial charge on any atom is -0.444 e. The van der Waals surface area contributed by atoms with Crippen LogP contribution in [0.15, 0.2) is 6.20 Å². The Hall–Kier alpha value is -3.11. The molecule has 29 heavy (non-hydrogen) atoms. The number of aromatic nitrogens is 2. The Morgan fingerprint density at radius 1 is 1.31 bits per heavy atom. The summed E-state index contributed by atoms with van der Waals surface area (Å²) in [4.78, 5) is 50.7. The Bertz CT molecular complexity index is 829. The zero-order valence-corrected chi connectivity index (χ0v) is 17.0. The maximum Gasteiger partial charge on any atom is 0.410 e. The molecule has 1 unspecified atom stereocenters. The van der Waals surface area contributed by atoms with Gasteiger partial charge in [-0.25, -0.2) is 4.79 Å². The molecule has 1 saturated heterocycles. The first-order valence-electron chi connectivity index (χ1n) is 9.44. The number of anilines is 1. The highest BCUT2D eigenvalue weighted by atomic mass is 16.6. The third-order valence-electron chi connectivity index (χ3n) is 4.88. The second kappa shape index (κ2) is 7.72. The van der Waals surface area contributed by atoms with Gasteiger partial charge in [0, 0.05) is 13.0 Å². The predicted molar refractivity (Wildman–Crippen MR) is 101 cm³/mol. The van der Waals surface area contributed by atoms with E-state index in [1.54, 1.807) is 15.8 Å². The van der Waals surface area contributed by atoms with Crippen molar-refractivity contribution >= 4 is 30.0 Å². The van der Waals surface area contributed by atoms with Crippen molar-refractivity contribution in [1.82, 2.24) is 25.5 Å². The third-order valence-corrected chi connectivity index (χ3v) is 4.88. The van der Waals surface area contributed by atoms with Crippen LogP contribution in [0.3, 0.4) is 0 Å². The Morgan fingerprint density at radius 3 is 2.69 bits per heavy atom. The van der Waals surface area contributed by atoms with Crippen molar-refractivity contribution in [2.45, 2.75) is 58.8 Å². The van der Waals surface area contributed by atoms with Crippen LogP contribution < -0.4 is 15.8 Å². The van der Waals surface area contributed by atoms with Crippen LogP contribution in [0.2, 0.25) is 0 Å². The van der Waals surface area contributed by atoms with Crippen LogP contribution in [0.5, 0.6) is 0 Å². The van der Waals surface area contributed by atoms with Crippen molar-refractivity contribution in [3.63, 3.8) is 0 Å². The number of hydrogen-bond acceptors (Lipinski definition) is 6. The van der Waals surface area contributed by atoms with E-state index in [0.29, 0.717) is 18.6 Å². The van der Waals surface area contributed by atoms with Gasteiger partial charge in [-0.15, -0.1) is 0 Å². The summed E-state index contributed by atoms with van der Waals surface area (Å²) in [7, 11) is 0. The Labute approximate surface area is 168 Å². The normalized spacial score (nSPS) is 21.6. The Kier molecular flexibility index (Phi) is 5.49. The van der Waals surface area contributed by atoms with Crippen LogP contribution >= 0.6 is 0 Å². The van der Waals surface area contributed by atoms with Gasteiger partial charge in [0.15, 0.2) is 0 Å². The van der Waals surface area contributed by atoms with Crippen LogP contribution in [0.4, 0.5) is 10.5 Å². The van der Waals surface area contributed by atoms with Crippen molar-refractivity contribution in [1.29, 1.82) is 0 Å². The van der Waals surface area contributed by atoms with Gasteiger partial charge < -0.3 is 9.64 Å². The van der Waals surface area contributed by atoms with Gasteiger partial charge in [-0.05, 0) is 27.7 Å². The molecular weight excluding hydrogens is 380 g/mol. The van der Waals surface area contributed by atoms with Gasteiger partial charge in [-0.3, -0.25) is 34.8 Å². The molecule has 0 bridgehead atoms. The quantitative estimate of drug-likeness (QED) is 0.542. The van der Waals surface area contributed by atoms with Gasteiger partial charge in [0.05, 0.1) is 42.6 Å². The van der Waals surface area contributed by atoms with Crippen molar-refractivity contribution < 1.29 is 23.9 Å². The second-order valence-corrected chi connectivity index (χ2v) is 8.27. The number of nitrogens with one attached hydrogen (secondary N) is 2. The van der Waals surface area contributed by atoms with E-state index in [1.807, 2.05) is 27.7 Å². The number of nitrogens with zero attached hydrogens (tertiary/aromatic N) is 4. The molecule has 3 heterocycles. The molecule has 158 valence electrons. The molecule has 0 aromatic carbocycles. The van der Waals surface area contributed by atoms with E-state index in [4.69, 9.17) is 4.74 Å². The highest BCUT2D eigenvalue weighted by Gasteiger charge is 2.39. The van der Waals surface area contributed by atoms with E-state index in [-0.39, 0.29) is 31.5 Å². The summed E-state index contributed by atoms with van der Waals surface area (Å²) in [5, 5.41) is 4.36. The summed E-state index contributed by atoms with van der Waals surface area (Å²) in [5.41, 5.74) is 5.03. The van der Waals surface area contributed by atoms with Gasteiger partial charge in [0.1, 0.15) is 5.60 Å². The Balaban J connectivity index is 1.78. The van der Waals surface area contributed by atoms with Crippen LogP contribution in [0.1, 0.15) is 39.8 Å². The standard InChI is InChI=1S/C18H26N6O5/c1-11-7-24-14(9-22(11)17(28)29-18(2,3)4)13(6-20-24)23-8-12(5-15(23)26)16(27)21-19-10-25/h6,10-12H,5,7-9H2,1-4H3,(H,19,25)(H,21,27)/t11-,12?/m0/s1. The van der Waals surface area contributed by atoms with E-state index >= 15 is 0 Å². The lowest BCUT2D eigenvalue weighted by atomic mass is 10.1. The number of ether oxygens (including phenoxy) is 1. The van der Waals surface area contributed by atoms with Crippen LogP contribution in [-0.2, 0) is 32.2 Å². The molecule has 11 nitrogen and oxygen atoms in total. The average Bonchev–Trinajstić information content (AvgIpc) is 3.20. The van der Waals surface area contributed by atoms with Gasteiger partial charge in [-0.2, -0.15) is 5.10 Å². The summed E-state index contributed by atoms with van der Waals surface area (Å²) >= 11 is 0. The molecule has 2 aliphatic heterocycles. The molecule has 1 fully saturated rings. The van der Waals surface area contributed by atoms with Crippen molar-refractivity contribution in [2.24, 2.45) is 5.92 Å². The highest BCUT2D eigenvalue weighted by molar-refractivity contribution is 6.00. The molecule has 1 aromatic heterocycles. The maximum absolute atomic E-state index is 12.6. The van der Waals surface area contributed by atoms with Crippen molar-refractivity contribution in [3.05, 3.63) is 11.9 Å². The fourth-order valence-electron chi connectivity index (χ4n) is 3.50. The largest absolute Gasteiger partial charge is 0.444 e. The molecule has 0 saturated carbocycles. The van der Waals surface area contributed by atoms with Gasteiger partial charge >= 0.3 is 6.09 Å². The van der Waals surface area contributed by atoms with Gasteiger partial charge in [-0.1, -0.05) is 0 Å². The minimum absolute atomic E-state index is 0.0309. The molecule has 2 N–H and O–H groups in total. The molecule has 0 aliphatic carbocycles. The van der Waals surface area contributed by atoms with Crippen LogP contribution in [-0.4, -0.2) is 57.2 Å². The molecule has 4 amide bonds. The number of hydrogen-bond donors (Lipinski definition) is 2. The zero-order chi connectivity index (χ0) is 21.3. The zero-order valence-electron chi connectivity index (χ0n) is 17.0. The first-order chi connectivity index (χ1) is 13.6. The highest BCUT2D eigenvalue weighted by Crippen LogP contribution is 2.32. The van der Waals surface area contributed by atoms with E-state index in [0.717, 1.165) is 5.69 Å². The molecule has 0 spiro atoms. The fraction of sp³-hybridized carbons (Fsp3) is 0.611. The average molecular weight is 406 g/mol. The first kappa shape index (κ1) is 20.6. The van der Waals surface area contributed by atoms with E-state index in [2.05, 4.69) is 16.0 Å². The predicted octanol–water partition coefficient (Wildman–Crippen LogP) is 0.152. The second-order valence-electron chi connectivity index (χ2n) is 8.27. The van der Waals surface area contributed by atoms with E-state index in [1.165, 1.54) is 4.90 Å². The SMILES string of the molecule is C[C@H]1Cn2ncc(N3CC(C(=O)NNC=O)CC3=O)c2CN1C(=O)OC(C)(C)C. The lowest BCUT2D eigenvalue weighted by Crippen LogP contribution is -2.47. The van der Waals surface area contributed by atoms with Crippen LogP contribution in [0, 0.1) is 5.92 Å². The lowest BCUT2D eigenvalue weighted by Gasteiger charge is -2.36. The third kappa shape index (κ3) is 4.33. The topological polar surface area (TPSA) is 126 Å². The number of carbonyl (C=O) groups is 4. The van der Waals surface area contributed by atoms with Crippen molar-refractivity contribution in [2.75, 3.05) is 11.4 Å². The number of hydrazine groups is 1. The number of carbonyl (C=O) groups excluding carboxylic acids is 4. The monoisotopic (exact) mass is 406 g/mol. The molecular formula is C18H26N6O5. The summed E-state index contributed by atoms with van der Waals surface area (Å²) < 4.78 is 7.27. The molecule has 2 atom stereocenters. The van der Waals surface area contributed by atoms with Crippen LogP contribution in [0.25, 0.3) is 0 Å². The smallest absolute Gasteiger partial charge is 0.410 e. The summed E-state index contributed by atoms with van der Waals surface area (Å²) in [6, 6.07) is -0.118. The number of amides is 4. The van der Waals surface area contributed by atoms with Gasteiger partial charge in [0.25, 0.3) is 0 Å². The lowest BCUT2D eigenvalue weighted by molar-refractivity contribution is -0.128. The molecule has 0 radical (unpaired) electrons.